The van der Waals surface area contributed by atoms with Gasteiger partial charge in [-0.15, -0.1) is 0 Å². The lowest BCUT2D eigenvalue weighted by molar-refractivity contribution is -0.385. The predicted octanol–water partition coefficient (Wildman–Crippen LogP) is 2.38. The molecule has 0 saturated heterocycles. The van der Waals surface area contributed by atoms with Gasteiger partial charge in [0, 0.05) is 6.07 Å². The molecular weight excluding hydrogens is 365 g/mol. The van der Waals surface area contributed by atoms with E-state index in [0.717, 1.165) is 0 Å². The van der Waals surface area contributed by atoms with Gasteiger partial charge in [0.25, 0.3) is 5.56 Å². The first-order chi connectivity index (χ1) is 9.00. The lowest BCUT2D eigenvalue weighted by Crippen LogP contribution is -2.11. The van der Waals surface area contributed by atoms with Crippen molar-refractivity contribution in [2.24, 2.45) is 0 Å². The minimum absolute atomic E-state index is 0.0433. The lowest BCUT2D eigenvalue weighted by Gasteiger charge is -2.08. The summed E-state index contributed by atoms with van der Waals surface area (Å²) in [6, 6.07) is 4.58. The van der Waals surface area contributed by atoms with E-state index in [-0.39, 0.29) is 26.4 Å². The summed E-state index contributed by atoms with van der Waals surface area (Å²) in [7, 11) is 0. The van der Waals surface area contributed by atoms with Gasteiger partial charge in [0.15, 0.2) is 0 Å². The minimum atomic E-state index is -0.539. The van der Waals surface area contributed by atoms with Crippen molar-refractivity contribution < 1.29 is 9.66 Å². The van der Waals surface area contributed by atoms with Gasteiger partial charge < -0.3 is 9.72 Å². The van der Waals surface area contributed by atoms with Crippen LogP contribution in [-0.4, -0.2) is 14.9 Å². The molecule has 0 unspecified atom stereocenters. The number of aromatic amines is 1. The Labute approximate surface area is 120 Å². The fourth-order valence-corrected chi connectivity index (χ4v) is 1.85. The maximum Gasteiger partial charge on any atom is 0.311 e. The Morgan fingerprint density at radius 1 is 1.47 bits per heavy atom. The van der Waals surface area contributed by atoms with E-state index < -0.39 is 4.92 Å². The summed E-state index contributed by atoms with van der Waals surface area (Å²) >= 11 is 1.77. The number of para-hydroxylation sites is 1. The topological polar surface area (TPSA) is 98.1 Å². The molecule has 0 radical (unpaired) electrons. The van der Waals surface area contributed by atoms with Crippen molar-refractivity contribution in [3.8, 4) is 11.6 Å². The third-order valence-corrected chi connectivity index (χ3v) is 3.30. The van der Waals surface area contributed by atoms with Gasteiger partial charge in [-0.05, 0) is 35.1 Å². The van der Waals surface area contributed by atoms with Crippen molar-refractivity contribution in [3.63, 3.8) is 0 Å². The highest BCUT2D eigenvalue weighted by Gasteiger charge is 2.19. The molecular formula is C11H8IN3O4. The number of rotatable bonds is 3. The summed E-state index contributed by atoms with van der Waals surface area (Å²) in [5, 5.41) is 11.0. The smallest absolute Gasteiger partial charge is 0.311 e. The molecule has 0 fully saturated rings. The first kappa shape index (κ1) is 13.5. The van der Waals surface area contributed by atoms with Crippen LogP contribution < -0.4 is 10.3 Å². The monoisotopic (exact) mass is 373 g/mol. The van der Waals surface area contributed by atoms with Gasteiger partial charge in [0.1, 0.15) is 3.57 Å². The fourth-order valence-electron chi connectivity index (χ4n) is 1.45. The summed E-state index contributed by atoms with van der Waals surface area (Å²) in [6.07, 6.45) is 1.18. The van der Waals surface area contributed by atoms with Crippen LogP contribution >= 0.6 is 22.6 Å². The second-order valence-corrected chi connectivity index (χ2v) is 4.71. The molecule has 0 aliphatic carbocycles. The molecule has 1 heterocycles. The van der Waals surface area contributed by atoms with Gasteiger partial charge in [-0.2, -0.15) is 0 Å². The maximum atomic E-state index is 11.4. The first-order valence-corrected chi connectivity index (χ1v) is 6.23. The van der Waals surface area contributed by atoms with E-state index in [1.54, 1.807) is 41.6 Å². The van der Waals surface area contributed by atoms with Crippen molar-refractivity contribution in [3.05, 3.63) is 54.1 Å². The molecule has 8 heteroatoms. The highest BCUT2D eigenvalue weighted by atomic mass is 127. The summed E-state index contributed by atoms with van der Waals surface area (Å²) in [5.74, 6) is 0.130. The van der Waals surface area contributed by atoms with Gasteiger partial charge in [-0.3, -0.25) is 14.9 Å². The number of aromatic nitrogens is 2. The van der Waals surface area contributed by atoms with Gasteiger partial charge in [-0.1, -0.05) is 12.1 Å². The average Bonchev–Trinajstić information content (AvgIpc) is 2.36. The zero-order chi connectivity index (χ0) is 14.0. The van der Waals surface area contributed by atoms with E-state index in [0.29, 0.717) is 5.56 Å². The van der Waals surface area contributed by atoms with E-state index >= 15 is 0 Å². The zero-order valence-electron chi connectivity index (χ0n) is 9.71. The van der Waals surface area contributed by atoms with Crippen LogP contribution in [0.15, 0.2) is 29.3 Å². The fraction of sp³-hybridized carbons (Fsp3) is 0.0909. The highest BCUT2D eigenvalue weighted by Crippen LogP contribution is 2.34. The number of benzene rings is 1. The van der Waals surface area contributed by atoms with Crippen molar-refractivity contribution in [2.45, 2.75) is 6.92 Å². The van der Waals surface area contributed by atoms with Gasteiger partial charge in [0.05, 0.1) is 11.3 Å². The average molecular weight is 373 g/mol. The van der Waals surface area contributed by atoms with E-state index in [9.17, 15) is 14.9 Å². The van der Waals surface area contributed by atoms with Crippen LogP contribution in [0.4, 0.5) is 5.69 Å². The zero-order valence-corrected chi connectivity index (χ0v) is 11.9. The summed E-state index contributed by atoms with van der Waals surface area (Å²) in [6.45, 7) is 1.68. The molecule has 0 amide bonds. The number of nitro benzene ring substituents is 1. The van der Waals surface area contributed by atoms with Crippen LogP contribution in [0.5, 0.6) is 11.6 Å². The molecule has 1 aromatic carbocycles. The molecule has 2 aromatic rings. The minimum Gasteiger partial charge on any atom is -0.430 e. The molecule has 0 spiro atoms. The first-order valence-electron chi connectivity index (χ1n) is 5.15. The Hall–Kier alpha value is -1.97. The second kappa shape index (κ2) is 5.34. The number of ether oxygens (including phenoxy) is 1. The number of aryl methyl sites for hydroxylation is 1. The van der Waals surface area contributed by atoms with Gasteiger partial charge in [-0.25, -0.2) is 4.98 Å². The number of hydrogen-bond donors (Lipinski definition) is 1. The molecule has 1 aromatic heterocycles. The molecule has 19 heavy (non-hydrogen) atoms. The number of nitro groups is 1. The standard InChI is InChI=1S/C11H8IN3O4/c1-6-3-2-4-7(15(17)18)9(6)19-11-8(12)10(16)13-5-14-11/h2-5H,1H3,(H,13,14,16). The summed E-state index contributed by atoms with van der Waals surface area (Å²) in [4.78, 5) is 28.1. The lowest BCUT2D eigenvalue weighted by atomic mass is 10.2. The van der Waals surface area contributed by atoms with Crippen LogP contribution in [0.2, 0.25) is 0 Å². The molecule has 2 rings (SSSR count). The largest absolute Gasteiger partial charge is 0.430 e. The van der Waals surface area contributed by atoms with Crippen molar-refractivity contribution in [2.75, 3.05) is 0 Å². The van der Waals surface area contributed by atoms with Gasteiger partial charge >= 0.3 is 5.69 Å². The molecule has 0 atom stereocenters. The van der Waals surface area contributed by atoms with Crippen molar-refractivity contribution >= 4 is 28.3 Å². The summed E-state index contributed by atoms with van der Waals surface area (Å²) in [5.41, 5.74) is 0.0619. The van der Waals surface area contributed by atoms with Crippen LogP contribution in [0.25, 0.3) is 0 Å². The third kappa shape index (κ3) is 2.72. The van der Waals surface area contributed by atoms with Crippen molar-refractivity contribution in [1.29, 1.82) is 0 Å². The van der Waals surface area contributed by atoms with E-state index in [4.69, 9.17) is 4.74 Å². The van der Waals surface area contributed by atoms with E-state index in [1.807, 2.05) is 0 Å². The maximum absolute atomic E-state index is 11.4. The molecule has 1 N–H and O–H groups in total. The Bertz CT molecular complexity index is 699. The number of halogens is 1. The van der Waals surface area contributed by atoms with E-state index in [1.165, 1.54) is 12.4 Å². The van der Waals surface area contributed by atoms with E-state index in [2.05, 4.69) is 9.97 Å². The number of hydrogen-bond acceptors (Lipinski definition) is 5. The Morgan fingerprint density at radius 3 is 2.89 bits per heavy atom. The van der Waals surface area contributed by atoms with Crippen LogP contribution in [0.1, 0.15) is 5.56 Å². The Balaban J connectivity index is 2.52. The molecule has 7 nitrogen and oxygen atoms in total. The molecule has 0 aliphatic rings. The van der Waals surface area contributed by atoms with Crippen LogP contribution in [-0.2, 0) is 0 Å². The molecule has 98 valence electrons. The summed E-state index contributed by atoms with van der Waals surface area (Å²) < 4.78 is 5.67. The molecule has 0 aliphatic heterocycles. The Morgan fingerprint density at radius 2 is 2.21 bits per heavy atom. The normalized spacial score (nSPS) is 10.2. The second-order valence-electron chi connectivity index (χ2n) is 3.63. The number of nitrogens with one attached hydrogen (secondary N) is 1. The van der Waals surface area contributed by atoms with Gasteiger partial charge in [0.2, 0.25) is 11.6 Å². The van der Waals surface area contributed by atoms with Crippen LogP contribution in [0.3, 0.4) is 0 Å². The number of nitrogens with zero attached hydrogens (tertiary/aromatic N) is 2. The molecule has 0 bridgehead atoms. The Kier molecular flexibility index (Phi) is 3.79. The highest BCUT2D eigenvalue weighted by molar-refractivity contribution is 14.1. The third-order valence-electron chi connectivity index (χ3n) is 2.35. The number of H-pyrrole nitrogens is 1. The quantitative estimate of drug-likeness (QED) is 0.506. The van der Waals surface area contributed by atoms with Crippen molar-refractivity contribution in [1.82, 2.24) is 9.97 Å². The SMILES string of the molecule is Cc1cccc([N+](=O)[O-])c1Oc1nc[nH]c(=O)c1I. The predicted molar refractivity (Wildman–Crippen MR) is 75.5 cm³/mol. The molecule has 0 saturated carbocycles. The van der Waals surface area contributed by atoms with Crippen LogP contribution in [0, 0.1) is 20.6 Å².